The van der Waals surface area contributed by atoms with Gasteiger partial charge in [0.05, 0.1) is 6.54 Å². The highest BCUT2D eigenvalue weighted by atomic mass is 32.1. The molecule has 0 spiro atoms. The van der Waals surface area contributed by atoms with Crippen LogP contribution in [0.1, 0.15) is 22.6 Å². The molecule has 1 saturated heterocycles. The third-order valence-corrected chi connectivity index (χ3v) is 3.38. The van der Waals surface area contributed by atoms with Crippen molar-refractivity contribution in [3.63, 3.8) is 0 Å². The van der Waals surface area contributed by atoms with Gasteiger partial charge < -0.3 is 10.6 Å². The largest absolute Gasteiger partial charge is 0.317 e. The monoisotopic (exact) mass is 225 g/mol. The Kier molecular flexibility index (Phi) is 3.82. The fourth-order valence-electron chi connectivity index (χ4n) is 1.70. The lowest BCUT2D eigenvalue weighted by Crippen LogP contribution is -2.41. The molecule has 2 N–H and O–H groups in total. The van der Waals surface area contributed by atoms with Gasteiger partial charge in [0, 0.05) is 17.6 Å². The van der Waals surface area contributed by atoms with E-state index in [4.69, 9.17) is 0 Å². The van der Waals surface area contributed by atoms with Crippen LogP contribution in [0.15, 0.2) is 11.6 Å². The van der Waals surface area contributed by atoms with Crippen LogP contribution in [-0.4, -0.2) is 36.4 Å². The Morgan fingerprint density at radius 3 is 3.07 bits per heavy atom. The Balaban J connectivity index is 1.75. The second-order valence-corrected chi connectivity index (χ2v) is 4.56. The zero-order valence-electron chi connectivity index (χ0n) is 8.53. The van der Waals surface area contributed by atoms with E-state index in [1.807, 2.05) is 5.38 Å². The maximum atomic E-state index is 11.6. The van der Waals surface area contributed by atoms with Crippen LogP contribution in [0.25, 0.3) is 0 Å². The summed E-state index contributed by atoms with van der Waals surface area (Å²) >= 11 is 1.40. The molecule has 0 bridgehead atoms. The van der Waals surface area contributed by atoms with E-state index in [1.165, 1.54) is 11.3 Å². The van der Waals surface area contributed by atoms with Crippen molar-refractivity contribution in [3.8, 4) is 0 Å². The Labute approximate surface area is 93.1 Å². The number of aromatic nitrogens is 1. The number of rotatable bonds is 4. The summed E-state index contributed by atoms with van der Waals surface area (Å²) in [4.78, 5) is 15.6. The normalized spacial score (nSPS) is 17.9. The van der Waals surface area contributed by atoms with Crippen molar-refractivity contribution in [3.05, 3.63) is 16.6 Å². The third kappa shape index (κ3) is 3.09. The van der Waals surface area contributed by atoms with Gasteiger partial charge in [-0.15, -0.1) is 11.3 Å². The minimum atomic E-state index is 0.100. The molecule has 1 aliphatic heterocycles. The van der Waals surface area contributed by atoms with E-state index in [1.54, 1.807) is 6.20 Å². The number of carbonyl (C=O) groups is 1. The van der Waals surface area contributed by atoms with Crippen molar-refractivity contribution in [1.82, 2.24) is 15.6 Å². The van der Waals surface area contributed by atoms with E-state index in [0.29, 0.717) is 17.6 Å². The highest BCUT2D eigenvalue weighted by Gasteiger charge is 2.14. The van der Waals surface area contributed by atoms with Crippen molar-refractivity contribution >= 4 is 17.1 Å². The molecule has 2 heterocycles. The molecule has 5 heteroatoms. The lowest BCUT2D eigenvalue weighted by molar-refractivity contribution is 0.0985. The summed E-state index contributed by atoms with van der Waals surface area (Å²) in [7, 11) is 0. The van der Waals surface area contributed by atoms with Gasteiger partial charge in [-0.2, -0.15) is 0 Å². The maximum Gasteiger partial charge on any atom is 0.205 e. The molecule has 0 aliphatic carbocycles. The minimum Gasteiger partial charge on any atom is -0.317 e. The van der Waals surface area contributed by atoms with Gasteiger partial charge in [0.25, 0.3) is 0 Å². The third-order valence-electron chi connectivity index (χ3n) is 2.56. The van der Waals surface area contributed by atoms with Crippen LogP contribution in [0.4, 0.5) is 0 Å². The van der Waals surface area contributed by atoms with Crippen molar-refractivity contribution in [2.24, 2.45) is 0 Å². The van der Waals surface area contributed by atoms with Crippen molar-refractivity contribution in [2.75, 3.05) is 19.6 Å². The molecule has 0 unspecified atom stereocenters. The summed E-state index contributed by atoms with van der Waals surface area (Å²) < 4.78 is 0. The molecule has 1 aliphatic rings. The lowest BCUT2D eigenvalue weighted by Gasteiger charge is -2.23. The molecule has 0 amide bonds. The zero-order chi connectivity index (χ0) is 10.5. The van der Waals surface area contributed by atoms with Gasteiger partial charge in [-0.05, 0) is 25.9 Å². The fourth-order valence-corrected chi connectivity index (χ4v) is 2.28. The Morgan fingerprint density at radius 2 is 2.40 bits per heavy atom. The van der Waals surface area contributed by atoms with Crippen LogP contribution >= 0.6 is 11.3 Å². The highest BCUT2D eigenvalue weighted by Crippen LogP contribution is 2.06. The van der Waals surface area contributed by atoms with E-state index in [-0.39, 0.29) is 5.78 Å². The molecular weight excluding hydrogens is 210 g/mol. The molecule has 1 aromatic heterocycles. The number of hydrogen-bond donors (Lipinski definition) is 2. The predicted molar refractivity (Wildman–Crippen MR) is 60.3 cm³/mol. The van der Waals surface area contributed by atoms with Gasteiger partial charge in [0.2, 0.25) is 5.78 Å². The molecule has 0 radical (unpaired) electrons. The first kappa shape index (κ1) is 10.7. The first-order chi connectivity index (χ1) is 7.36. The van der Waals surface area contributed by atoms with E-state index in [9.17, 15) is 4.79 Å². The molecule has 1 fully saturated rings. The summed E-state index contributed by atoms with van der Waals surface area (Å²) in [6.07, 6.45) is 3.87. The zero-order valence-corrected chi connectivity index (χ0v) is 9.35. The van der Waals surface area contributed by atoms with Gasteiger partial charge in [-0.1, -0.05) is 0 Å². The first-order valence-corrected chi connectivity index (χ1v) is 6.11. The van der Waals surface area contributed by atoms with E-state index in [0.717, 1.165) is 25.9 Å². The van der Waals surface area contributed by atoms with E-state index >= 15 is 0 Å². The summed E-state index contributed by atoms with van der Waals surface area (Å²) in [6, 6.07) is 0.482. The molecule has 0 saturated carbocycles. The SMILES string of the molecule is O=C(CNC1CCNCC1)c1nccs1. The van der Waals surface area contributed by atoms with Gasteiger partial charge in [-0.3, -0.25) is 4.79 Å². The van der Waals surface area contributed by atoms with Gasteiger partial charge in [-0.25, -0.2) is 4.98 Å². The standard InChI is InChI=1S/C10H15N3OS/c14-9(10-12-5-6-15-10)7-13-8-1-3-11-4-2-8/h5-6,8,11,13H,1-4,7H2. The summed E-state index contributed by atoms with van der Waals surface area (Å²) in [6.45, 7) is 2.50. The predicted octanol–water partition coefficient (Wildman–Crippen LogP) is 0.667. The summed E-state index contributed by atoms with van der Waals surface area (Å²) in [5.74, 6) is 0.100. The number of thiazole rings is 1. The summed E-state index contributed by atoms with van der Waals surface area (Å²) in [5.41, 5.74) is 0. The molecular formula is C10H15N3OS. The minimum absolute atomic E-state index is 0.100. The number of carbonyl (C=O) groups excluding carboxylic acids is 1. The van der Waals surface area contributed by atoms with Crippen LogP contribution in [0, 0.1) is 0 Å². The summed E-state index contributed by atoms with van der Waals surface area (Å²) in [5, 5.41) is 9.02. The average Bonchev–Trinajstić information content (AvgIpc) is 2.81. The van der Waals surface area contributed by atoms with Crippen molar-refractivity contribution in [1.29, 1.82) is 0 Å². The van der Waals surface area contributed by atoms with E-state index in [2.05, 4.69) is 15.6 Å². The molecule has 15 heavy (non-hydrogen) atoms. The smallest absolute Gasteiger partial charge is 0.205 e. The molecule has 82 valence electrons. The number of piperidine rings is 1. The van der Waals surface area contributed by atoms with Crippen molar-refractivity contribution < 1.29 is 4.79 Å². The highest BCUT2D eigenvalue weighted by molar-refractivity contribution is 7.11. The topological polar surface area (TPSA) is 54.0 Å². The average molecular weight is 225 g/mol. The number of ketones is 1. The Bertz CT molecular complexity index is 306. The van der Waals surface area contributed by atoms with Crippen LogP contribution in [-0.2, 0) is 0 Å². The van der Waals surface area contributed by atoms with Crippen LogP contribution < -0.4 is 10.6 Å². The van der Waals surface area contributed by atoms with Crippen LogP contribution in [0.5, 0.6) is 0 Å². The number of Topliss-reactive ketones (excluding diaryl/α,β-unsaturated/α-hetero) is 1. The fraction of sp³-hybridized carbons (Fsp3) is 0.600. The molecule has 0 aromatic carbocycles. The van der Waals surface area contributed by atoms with Gasteiger partial charge in [0.1, 0.15) is 0 Å². The quantitative estimate of drug-likeness (QED) is 0.739. The lowest BCUT2D eigenvalue weighted by atomic mass is 10.1. The number of nitrogens with zero attached hydrogens (tertiary/aromatic N) is 1. The molecule has 1 aromatic rings. The Morgan fingerprint density at radius 1 is 1.60 bits per heavy atom. The Hall–Kier alpha value is -0.780. The van der Waals surface area contributed by atoms with Crippen LogP contribution in [0.2, 0.25) is 0 Å². The first-order valence-electron chi connectivity index (χ1n) is 5.23. The molecule has 2 rings (SSSR count). The van der Waals surface area contributed by atoms with Crippen molar-refractivity contribution in [2.45, 2.75) is 18.9 Å². The molecule has 4 nitrogen and oxygen atoms in total. The van der Waals surface area contributed by atoms with Crippen LogP contribution in [0.3, 0.4) is 0 Å². The number of hydrogen-bond acceptors (Lipinski definition) is 5. The van der Waals surface area contributed by atoms with E-state index < -0.39 is 0 Å². The maximum absolute atomic E-state index is 11.6. The molecule has 0 atom stereocenters. The van der Waals surface area contributed by atoms with Gasteiger partial charge >= 0.3 is 0 Å². The number of nitrogens with one attached hydrogen (secondary N) is 2. The second-order valence-electron chi connectivity index (χ2n) is 3.67. The second kappa shape index (κ2) is 5.34. The van der Waals surface area contributed by atoms with Gasteiger partial charge in [0.15, 0.2) is 5.01 Å².